The SMILES string of the molecule is Cc1cnn(CCn2c(CCl)nc3c(C#N)cccc32)c1. The number of nitrogens with zero attached hydrogens (tertiary/aromatic N) is 5. The smallest absolute Gasteiger partial charge is 0.124 e. The third kappa shape index (κ3) is 2.50. The maximum Gasteiger partial charge on any atom is 0.124 e. The lowest BCUT2D eigenvalue weighted by atomic mass is 10.2. The van der Waals surface area contributed by atoms with Crippen molar-refractivity contribution in [3.63, 3.8) is 0 Å². The molecule has 0 saturated carbocycles. The van der Waals surface area contributed by atoms with Gasteiger partial charge in [0.05, 0.1) is 29.7 Å². The molecule has 1 aromatic carbocycles. The van der Waals surface area contributed by atoms with Crippen LogP contribution in [0.4, 0.5) is 0 Å². The number of hydrogen-bond acceptors (Lipinski definition) is 3. The first-order valence-corrected chi connectivity index (χ1v) is 7.19. The normalized spacial score (nSPS) is 10.9. The van der Waals surface area contributed by atoms with Gasteiger partial charge < -0.3 is 4.57 Å². The van der Waals surface area contributed by atoms with Crippen LogP contribution in [-0.2, 0) is 19.0 Å². The Labute approximate surface area is 127 Å². The van der Waals surface area contributed by atoms with Gasteiger partial charge in [-0.05, 0) is 24.6 Å². The minimum Gasteiger partial charge on any atom is -0.325 e. The van der Waals surface area contributed by atoms with E-state index < -0.39 is 0 Å². The molecule has 2 heterocycles. The van der Waals surface area contributed by atoms with Crippen molar-refractivity contribution in [2.45, 2.75) is 25.9 Å². The number of aromatic nitrogens is 4. The second-order valence-corrected chi connectivity index (χ2v) is 5.15. The zero-order chi connectivity index (χ0) is 14.8. The van der Waals surface area contributed by atoms with Gasteiger partial charge in [-0.1, -0.05) is 6.07 Å². The van der Waals surface area contributed by atoms with Crippen LogP contribution in [0.1, 0.15) is 17.0 Å². The van der Waals surface area contributed by atoms with Crippen LogP contribution in [0, 0.1) is 18.3 Å². The van der Waals surface area contributed by atoms with E-state index in [1.54, 1.807) is 6.07 Å². The summed E-state index contributed by atoms with van der Waals surface area (Å²) in [5.41, 5.74) is 3.36. The second kappa shape index (κ2) is 5.58. The van der Waals surface area contributed by atoms with Gasteiger partial charge in [0.2, 0.25) is 0 Å². The van der Waals surface area contributed by atoms with Gasteiger partial charge in [0, 0.05) is 12.7 Å². The van der Waals surface area contributed by atoms with E-state index in [4.69, 9.17) is 11.6 Å². The fraction of sp³-hybridized carbons (Fsp3) is 0.267. The van der Waals surface area contributed by atoms with Crippen molar-refractivity contribution in [1.29, 1.82) is 5.26 Å². The Morgan fingerprint density at radius 2 is 2.19 bits per heavy atom. The van der Waals surface area contributed by atoms with Crippen LogP contribution in [0.25, 0.3) is 11.0 Å². The van der Waals surface area contributed by atoms with Crippen molar-refractivity contribution < 1.29 is 0 Å². The Morgan fingerprint density at radius 3 is 2.86 bits per heavy atom. The molecular weight excluding hydrogens is 286 g/mol. The molecule has 0 aliphatic carbocycles. The molecule has 0 N–H and O–H groups in total. The van der Waals surface area contributed by atoms with Crippen molar-refractivity contribution >= 4 is 22.6 Å². The van der Waals surface area contributed by atoms with Crippen LogP contribution in [0.2, 0.25) is 0 Å². The van der Waals surface area contributed by atoms with E-state index in [-0.39, 0.29) is 0 Å². The lowest BCUT2D eigenvalue weighted by molar-refractivity contribution is 0.533. The molecule has 0 unspecified atom stereocenters. The van der Waals surface area contributed by atoms with Gasteiger partial charge in [0.25, 0.3) is 0 Å². The largest absolute Gasteiger partial charge is 0.325 e. The fourth-order valence-corrected chi connectivity index (χ4v) is 2.63. The van der Waals surface area contributed by atoms with Gasteiger partial charge in [-0.3, -0.25) is 4.68 Å². The van der Waals surface area contributed by atoms with E-state index in [2.05, 4.69) is 20.7 Å². The highest BCUT2D eigenvalue weighted by Crippen LogP contribution is 2.21. The standard InChI is InChI=1S/C15H14ClN5/c1-11-9-18-20(10-11)5-6-21-13-4-2-3-12(8-17)15(13)19-14(21)7-16/h2-4,9-10H,5-7H2,1H3. The predicted octanol–water partition coefficient (Wildman–Crippen LogP) is 2.85. The van der Waals surface area contributed by atoms with Gasteiger partial charge in [-0.15, -0.1) is 11.6 Å². The Balaban J connectivity index is 1.99. The van der Waals surface area contributed by atoms with Gasteiger partial charge >= 0.3 is 0 Å². The van der Waals surface area contributed by atoms with Crippen molar-refractivity contribution in [1.82, 2.24) is 19.3 Å². The molecule has 0 fully saturated rings. The predicted molar refractivity (Wildman–Crippen MR) is 81.0 cm³/mol. The lowest BCUT2D eigenvalue weighted by Crippen LogP contribution is -2.10. The van der Waals surface area contributed by atoms with Gasteiger partial charge in [0.1, 0.15) is 17.4 Å². The summed E-state index contributed by atoms with van der Waals surface area (Å²) in [4.78, 5) is 4.50. The van der Waals surface area contributed by atoms with Crippen LogP contribution in [-0.4, -0.2) is 19.3 Å². The number of halogens is 1. The zero-order valence-electron chi connectivity index (χ0n) is 11.6. The van der Waals surface area contributed by atoms with Crippen LogP contribution >= 0.6 is 11.6 Å². The first kappa shape index (κ1) is 13.7. The molecule has 5 nitrogen and oxygen atoms in total. The quantitative estimate of drug-likeness (QED) is 0.696. The summed E-state index contributed by atoms with van der Waals surface area (Å²) >= 11 is 6.00. The van der Waals surface area contributed by atoms with Crippen molar-refractivity contribution in [3.8, 4) is 6.07 Å². The summed E-state index contributed by atoms with van der Waals surface area (Å²) in [7, 11) is 0. The third-order valence-electron chi connectivity index (χ3n) is 3.41. The van der Waals surface area contributed by atoms with E-state index in [1.165, 1.54) is 0 Å². The minimum absolute atomic E-state index is 0.317. The molecule has 0 aliphatic rings. The summed E-state index contributed by atoms with van der Waals surface area (Å²) in [6.07, 6.45) is 3.84. The van der Waals surface area contributed by atoms with Gasteiger partial charge in [-0.2, -0.15) is 10.4 Å². The summed E-state index contributed by atoms with van der Waals surface area (Å²) in [6.45, 7) is 3.47. The van der Waals surface area contributed by atoms with Gasteiger partial charge in [0.15, 0.2) is 0 Å². The minimum atomic E-state index is 0.317. The van der Waals surface area contributed by atoms with Crippen LogP contribution in [0.5, 0.6) is 0 Å². The van der Waals surface area contributed by atoms with E-state index >= 15 is 0 Å². The molecule has 2 aromatic heterocycles. The molecule has 3 rings (SSSR count). The van der Waals surface area contributed by atoms with Crippen LogP contribution in [0.3, 0.4) is 0 Å². The Morgan fingerprint density at radius 1 is 1.33 bits per heavy atom. The number of fused-ring (bicyclic) bond motifs is 1. The zero-order valence-corrected chi connectivity index (χ0v) is 12.4. The highest BCUT2D eigenvalue weighted by molar-refractivity contribution is 6.16. The number of rotatable bonds is 4. The maximum atomic E-state index is 9.17. The van der Waals surface area contributed by atoms with E-state index in [0.29, 0.717) is 23.5 Å². The molecule has 0 aliphatic heterocycles. The number of para-hydroxylation sites is 1. The van der Waals surface area contributed by atoms with Crippen LogP contribution in [0.15, 0.2) is 30.6 Å². The first-order chi connectivity index (χ1) is 10.2. The number of imidazole rings is 1. The maximum absolute atomic E-state index is 9.17. The monoisotopic (exact) mass is 299 g/mol. The fourth-order valence-electron chi connectivity index (χ4n) is 2.43. The van der Waals surface area contributed by atoms with Crippen molar-refractivity contribution in [2.75, 3.05) is 0 Å². The molecule has 0 bridgehead atoms. The molecule has 0 saturated heterocycles. The number of aryl methyl sites for hydroxylation is 3. The molecule has 21 heavy (non-hydrogen) atoms. The Hall–Kier alpha value is -2.32. The molecule has 0 radical (unpaired) electrons. The molecule has 0 amide bonds. The molecule has 6 heteroatoms. The molecule has 3 aromatic rings. The van der Waals surface area contributed by atoms with Crippen molar-refractivity contribution in [3.05, 3.63) is 47.5 Å². The van der Waals surface area contributed by atoms with E-state index in [0.717, 1.165) is 23.4 Å². The Kier molecular flexibility index (Phi) is 3.63. The summed E-state index contributed by atoms with van der Waals surface area (Å²) in [5.74, 6) is 1.09. The summed E-state index contributed by atoms with van der Waals surface area (Å²) < 4.78 is 3.95. The van der Waals surface area contributed by atoms with Crippen LogP contribution < -0.4 is 0 Å². The molecule has 106 valence electrons. The van der Waals surface area contributed by atoms with Crippen molar-refractivity contribution in [2.24, 2.45) is 0 Å². The summed E-state index contributed by atoms with van der Waals surface area (Å²) in [5, 5.41) is 13.5. The lowest BCUT2D eigenvalue weighted by Gasteiger charge is -2.08. The highest BCUT2D eigenvalue weighted by atomic mass is 35.5. The van der Waals surface area contributed by atoms with E-state index in [1.807, 2.05) is 36.1 Å². The topological polar surface area (TPSA) is 59.4 Å². The van der Waals surface area contributed by atoms with E-state index in [9.17, 15) is 5.26 Å². The van der Waals surface area contributed by atoms with Gasteiger partial charge in [-0.25, -0.2) is 4.98 Å². The molecule has 0 atom stereocenters. The number of benzene rings is 1. The average Bonchev–Trinajstić information content (AvgIpc) is 3.07. The third-order valence-corrected chi connectivity index (χ3v) is 3.65. The molecular formula is C15H14ClN5. The average molecular weight is 300 g/mol. The number of nitriles is 1. The molecule has 0 spiro atoms. The Bertz CT molecular complexity index is 824. The summed E-state index contributed by atoms with van der Waals surface area (Å²) in [6, 6.07) is 7.78. The highest BCUT2D eigenvalue weighted by Gasteiger charge is 2.12. The second-order valence-electron chi connectivity index (χ2n) is 4.88. The number of hydrogen-bond donors (Lipinski definition) is 0. The number of alkyl halides is 1. The first-order valence-electron chi connectivity index (χ1n) is 6.66.